The van der Waals surface area contributed by atoms with E-state index < -0.39 is 5.92 Å². The molecule has 1 heterocycles. The predicted octanol–water partition coefficient (Wildman–Crippen LogP) is 3.71. The van der Waals surface area contributed by atoms with Crippen molar-refractivity contribution in [3.63, 3.8) is 0 Å². The van der Waals surface area contributed by atoms with E-state index in [0.29, 0.717) is 13.0 Å². The van der Waals surface area contributed by atoms with Crippen molar-refractivity contribution in [2.24, 2.45) is 5.92 Å². The molecule has 0 bridgehead atoms. The van der Waals surface area contributed by atoms with Crippen LogP contribution in [0, 0.1) is 5.92 Å². The lowest BCUT2D eigenvalue weighted by molar-refractivity contribution is -0.144. The molecule has 118 valence electrons. The molecule has 3 rings (SSSR count). The lowest BCUT2D eigenvalue weighted by Gasteiger charge is -2.17. The maximum Gasteiger partial charge on any atom is 0.317 e. The van der Waals surface area contributed by atoms with E-state index in [1.165, 1.54) is 0 Å². The van der Waals surface area contributed by atoms with Gasteiger partial charge < -0.3 is 4.74 Å². The Morgan fingerprint density at radius 3 is 2.35 bits per heavy atom. The van der Waals surface area contributed by atoms with Crippen molar-refractivity contribution in [1.29, 1.82) is 0 Å². The highest BCUT2D eigenvalue weighted by molar-refractivity contribution is 6.01. The average molecular weight is 308 g/mol. The fourth-order valence-electron chi connectivity index (χ4n) is 3.20. The third kappa shape index (κ3) is 3.34. The summed E-state index contributed by atoms with van der Waals surface area (Å²) in [7, 11) is 0. The van der Waals surface area contributed by atoms with Gasteiger partial charge in [-0.25, -0.2) is 0 Å². The molecule has 3 nitrogen and oxygen atoms in total. The van der Waals surface area contributed by atoms with Crippen LogP contribution in [0.1, 0.15) is 36.3 Å². The van der Waals surface area contributed by atoms with Crippen LogP contribution < -0.4 is 0 Å². The van der Waals surface area contributed by atoms with Gasteiger partial charge in [0, 0.05) is 12.3 Å². The molecule has 23 heavy (non-hydrogen) atoms. The Balaban J connectivity index is 1.76. The third-order valence-electron chi connectivity index (χ3n) is 4.51. The number of rotatable bonds is 5. The number of Topliss-reactive ketones (excluding diaryl/α,β-unsaturated/α-hetero) is 1. The summed E-state index contributed by atoms with van der Waals surface area (Å²) in [5.74, 6) is -1.17. The summed E-state index contributed by atoms with van der Waals surface area (Å²) >= 11 is 0. The number of ether oxygens (including phenoxy) is 1. The molecule has 0 spiro atoms. The molecule has 1 saturated heterocycles. The van der Waals surface area contributed by atoms with Gasteiger partial charge in [-0.2, -0.15) is 0 Å². The van der Waals surface area contributed by atoms with E-state index in [9.17, 15) is 9.59 Å². The number of esters is 1. The topological polar surface area (TPSA) is 43.4 Å². The first-order chi connectivity index (χ1) is 11.2. The highest BCUT2D eigenvalue weighted by atomic mass is 16.5. The molecule has 0 amide bonds. The largest absolute Gasteiger partial charge is 0.464 e. The molecule has 0 radical (unpaired) electrons. The van der Waals surface area contributed by atoms with Crippen molar-refractivity contribution < 1.29 is 14.3 Å². The summed E-state index contributed by atoms with van der Waals surface area (Å²) < 4.78 is 5.18. The number of hydrogen-bond donors (Lipinski definition) is 0. The Kier molecular flexibility index (Phi) is 4.56. The number of benzene rings is 2. The third-order valence-corrected chi connectivity index (χ3v) is 4.51. The van der Waals surface area contributed by atoms with E-state index in [2.05, 4.69) is 0 Å². The Bertz CT molecular complexity index is 679. The van der Waals surface area contributed by atoms with Crippen LogP contribution in [0.2, 0.25) is 0 Å². The Hall–Kier alpha value is -2.42. The zero-order chi connectivity index (χ0) is 16.2. The first-order valence-electron chi connectivity index (χ1n) is 7.96. The Morgan fingerprint density at radius 2 is 1.70 bits per heavy atom. The monoisotopic (exact) mass is 308 g/mol. The minimum absolute atomic E-state index is 0.0299. The maximum atomic E-state index is 12.7. The molecular weight excluding hydrogens is 288 g/mol. The minimum atomic E-state index is -0.677. The van der Waals surface area contributed by atoms with Gasteiger partial charge in [0.1, 0.15) is 11.7 Å². The number of carbonyl (C=O) groups excluding carboxylic acids is 2. The van der Waals surface area contributed by atoms with Crippen molar-refractivity contribution in [2.75, 3.05) is 6.61 Å². The SMILES string of the molecule is C[C@@H](CC(=O)C1C(=O)OC[C@H]1c1ccccc1)c1ccccc1. The number of cyclic esters (lactones) is 1. The van der Waals surface area contributed by atoms with E-state index >= 15 is 0 Å². The molecule has 0 aliphatic carbocycles. The zero-order valence-electron chi connectivity index (χ0n) is 13.1. The normalized spacial score (nSPS) is 21.7. The lowest BCUT2D eigenvalue weighted by Crippen LogP contribution is -2.25. The average Bonchev–Trinajstić information content (AvgIpc) is 2.98. The molecular formula is C20H20O3. The van der Waals surface area contributed by atoms with E-state index in [-0.39, 0.29) is 23.6 Å². The van der Waals surface area contributed by atoms with E-state index in [4.69, 9.17) is 4.74 Å². The van der Waals surface area contributed by atoms with Crippen molar-refractivity contribution in [3.8, 4) is 0 Å². The molecule has 2 aromatic rings. The second-order valence-electron chi connectivity index (χ2n) is 6.11. The van der Waals surface area contributed by atoms with Gasteiger partial charge in [0.15, 0.2) is 0 Å². The second-order valence-corrected chi connectivity index (χ2v) is 6.11. The standard InChI is InChI=1S/C20H20O3/c1-14(15-8-4-2-5-9-15)12-18(21)19-17(13-23-20(19)22)16-10-6-3-7-11-16/h2-11,14,17,19H,12-13H2,1H3/t14-,17-,19?/m0/s1. The van der Waals surface area contributed by atoms with Crippen LogP contribution in [-0.4, -0.2) is 18.4 Å². The second kappa shape index (κ2) is 6.78. The van der Waals surface area contributed by atoms with Crippen LogP contribution in [-0.2, 0) is 14.3 Å². The molecule has 1 aliphatic heterocycles. The maximum absolute atomic E-state index is 12.7. The Morgan fingerprint density at radius 1 is 1.09 bits per heavy atom. The summed E-state index contributed by atoms with van der Waals surface area (Å²) in [5, 5.41) is 0. The fourth-order valence-corrected chi connectivity index (χ4v) is 3.20. The van der Waals surface area contributed by atoms with Gasteiger partial charge in [0.25, 0.3) is 0 Å². The van der Waals surface area contributed by atoms with E-state index in [1.54, 1.807) is 0 Å². The van der Waals surface area contributed by atoms with Gasteiger partial charge in [-0.3, -0.25) is 9.59 Å². The number of hydrogen-bond acceptors (Lipinski definition) is 3. The first kappa shape index (κ1) is 15.5. The van der Waals surface area contributed by atoms with E-state index in [0.717, 1.165) is 11.1 Å². The van der Waals surface area contributed by atoms with Crippen LogP contribution in [0.4, 0.5) is 0 Å². The first-order valence-corrected chi connectivity index (χ1v) is 7.96. The molecule has 1 fully saturated rings. The van der Waals surface area contributed by atoms with Gasteiger partial charge >= 0.3 is 5.97 Å². The van der Waals surface area contributed by atoms with Crippen LogP contribution >= 0.6 is 0 Å². The van der Waals surface area contributed by atoms with Gasteiger partial charge in [-0.1, -0.05) is 67.6 Å². The van der Waals surface area contributed by atoms with Crippen molar-refractivity contribution >= 4 is 11.8 Å². The molecule has 0 aromatic heterocycles. The van der Waals surface area contributed by atoms with Gasteiger partial charge in [-0.15, -0.1) is 0 Å². The molecule has 3 atom stereocenters. The lowest BCUT2D eigenvalue weighted by atomic mass is 9.82. The number of ketones is 1. The fraction of sp³-hybridized carbons (Fsp3) is 0.300. The summed E-state index contributed by atoms with van der Waals surface area (Å²) in [5.41, 5.74) is 2.10. The van der Waals surface area contributed by atoms with E-state index in [1.807, 2.05) is 67.6 Å². The highest BCUT2D eigenvalue weighted by Gasteiger charge is 2.42. The van der Waals surface area contributed by atoms with Crippen LogP contribution in [0.25, 0.3) is 0 Å². The van der Waals surface area contributed by atoms with Crippen molar-refractivity contribution in [1.82, 2.24) is 0 Å². The van der Waals surface area contributed by atoms with Gasteiger partial charge in [0.05, 0.1) is 6.61 Å². The number of carbonyl (C=O) groups is 2. The van der Waals surface area contributed by atoms with Crippen LogP contribution in [0.3, 0.4) is 0 Å². The zero-order valence-corrected chi connectivity index (χ0v) is 13.1. The van der Waals surface area contributed by atoms with Crippen molar-refractivity contribution in [2.45, 2.75) is 25.2 Å². The predicted molar refractivity (Wildman–Crippen MR) is 88.1 cm³/mol. The summed E-state index contributed by atoms with van der Waals surface area (Å²) in [6, 6.07) is 19.6. The minimum Gasteiger partial charge on any atom is -0.464 e. The van der Waals surface area contributed by atoms with Crippen molar-refractivity contribution in [3.05, 3.63) is 71.8 Å². The molecule has 3 heteroatoms. The molecule has 1 aliphatic rings. The summed E-state index contributed by atoms with van der Waals surface area (Å²) in [4.78, 5) is 24.8. The molecule has 1 unspecified atom stereocenters. The summed E-state index contributed by atoms with van der Waals surface area (Å²) in [6.45, 7) is 2.31. The highest BCUT2D eigenvalue weighted by Crippen LogP contribution is 2.34. The molecule has 0 N–H and O–H groups in total. The smallest absolute Gasteiger partial charge is 0.317 e. The van der Waals surface area contributed by atoms with Crippen LogP contribution in [0.15, 0.2) is 60.7 Å². The van der Waals surface area contributed by atoms with Crippen LogP contribution in [0.5, 0.6) is 0 Å². The van der Waals surface area contributed by atoms with Gasteiger partial charge in [0.2, 0.25) is 0 Å². The summed E-state index contributed by atoms with van der Waals surface area (Å²) in [6.07, 6.45) is 0.354. The Labute approximate surface area is 136 Å². The molecule has 2 aromatic carbocycles. The molecule has 0 saturated carbocycles. The quantitative estimate of drug-likeness (QED) is 0.625. The van der Waals surface area contributed by atoms with Gasteiger partial charge in [-0.05, 0) is 17.0 Å².